The van der Waals surface area contributed by atoms with Gasteiger partial charge in [0.1, 0.15) is 11.6 Å². The van der Waals surface area contributed by atoms with E-state index in [1.165, 1.54) is 19.4 Å². The van der Waals surface area contributed by atoms with E-state index in [4.69, 9.17) is 33.0 Å². The number of rotatable bonds is 4. The van der Waals surface area contributed by atoms with Crippen LogP contribution in [0, 0.1) is 6.92 Å². The number of carboxylic acid groups (broad SMARTS) is 1. The highest BCUT2D eigenvalue weighted by Gasteiger charge is 2.12. The molecule has 2 N–H and O–H groups in total. The molecule has 21 heavy (non-hydrogen) atoms. The van der Waals surface area contributed by atoms with Crippen LogP contribution in [0.15, 0.2) is 24.4 Å². The summed E-state index contributed by atoms with van der Waals surface area (Å²) < 4.78 is 5.24. The van der Waals surface area contributed by atoms with Crippen molar-refractivity contribution in [1.82, 2.24) is 4.98 Å². The van der Waals surface area contributed by atoms with E-state index in [0.29, 0.717) is 22.3 Å². The predicted octanol–water partition coefficient (Wildman–Crippen LogP) is 4.15. The lowest BCUT2D eigenvalue weighted by atomic mass is 10.2. The number of hydrogen-bond donors (Lipinski definition) is 2. The molecule has 0 radical (unpaired) electrons. The normalized spacial score (nSPS) is 10.3. The second-order valence-electron chi connectivity index (χ2n) is 4.28. The number of hydrogen-bond acceptors (Lipinski definition) is 4. The van der Waals surface area contributed by atoms with Gasteiger partial charge in [0.05, 0.1) is 23.4 Å². The third-order valence-corrected chi connectivity index (χ3v) is 3.54. The number of aromatic carboxylic acids is 1. The smallest absolute Gasteiger partial charge is 0.337 e. The Morgan fingerprint density at radius 2 is 2.00 bits per heavy atom. The largest absolute Gasteiger partial charge is 0.495 e. The van der Waals surface area contributed by atoms with Crippen molar-refractivity contribution in [3.8, 4) is 5.75 Å². The summed E-state index contributed by atoms with van der Waals surface area (Å²) in [6, 6.07) is 4.82. The highest BCUT2D eigenvalue weighted by Crippen LogP contribution is 2.33. The second kappa shape index (κ2) is 6.20. The molecule has 0 aliphatic rings. The number of halogens is 2. The van der Waals surface area contributed by atoms with Gasteiger partial charge in [-0.05, 0) is 24.6 Å². The van der Waals surface area contributed by atoms with Crippen molar-refractivity contribution in [2.45, 2.75) is 6.92 Å². The summed E-state index contributed by atoms with van der Waals surface area (Å²) in [6.07, 6.45) is 1.28. The minimum Gasteiger partial charge on any atom is -0.495 e. The van der Waals surface area contributed by atoms with Gasteiger partial charge in [-0.15, -0.1) is 0 Å². The van der Waals surface area contributed by atoms with Crippen molar-refractivity contribution in [3.05, 3.63) is 45.6 Å². The van der Waals surface area contributed by atoms with E-state index in [-0.39, 0.29) is 10.6 Å². The molecule has 110 valence electrons. The average Bonchev–Trinajstić information content (AvgIpc) is 2.44. The fourth-order valence-corrected chi connectivity index (χ4v) is 2.08. The molecule has 0 fully saturated rings. The highest BCUT2D eigenvalue weighted by molar-refractivity contribution is 6.33. The van der Waals surface area contributed by atoms with Gasteiger partial charge in [0.2, 0.25) is 0 Å². The van der Waals surface area contributed by atoms with Crippen LogP contribution in [0.2, 0.25) is 10.0 Å². The van der Waals surface area contributed by atoms with E-state index >= 15 is 0 Å². The zero-order valence-electron chi connectivity index (χ0n) is 11.3. The minimum atomic E-state index is -1.12. The lowest BCUT2D eigenvalue weighted by Gasteiger charge is -2.13. The molecule has 5 nitrogen and oxygen atoms in total. The van der Waals surface area contributed by atoms with Crippen LogP contribution in [0.3, 0.4) is 0 Å². The number of aromatic nitrogens is 1. The molecule has 0 spiro atoms. The Balaban J connectivity index is 2.40. The van der Waals surface area contributed by atoms with Gasteiger partial charge >= 0.3 is 5.97 Å². The van der Waals surface area contributed by atoms with Crippen molar-refractivity contribution in [1.29, 1.82) is 0 Å². The Bertz CT molecular complexity index is 705. The number of nitrogens with zero attached hydrogens (tertiary/aromatic N) is 1. The summed E-state index contributed by atoms with van der Waals surface area (Å²) in [5.41, 5.74) is 1.46. The second-order valence-corrected chi connectivity index (χ2v) is 5.10. The number of aryl methyl sites for hydroxylation is 1. The number of methoxy groups -OCH3 is 1. The van der Waals surface area contributed by atoms with E-state index < -0.39 is 5.97 Å². The maximum absolute atomic E-state index is 11.1. The Kier molecular flexibility index (Phi) is 4.55. The Labute approximate surface area is 131 Å². The summed E-state index contributed by atoms with van der Waals surface area (Å²) in [7, 11) is 1.52. The van der Waals surface area contributed by atoms with Gasteiger partial charge in [-0.2, -0.15) is 0 Å². The average molecular weight is 327 g/mol. The molecule has 1 heterocycles. The molecule has 1 aromatic carbocycles. The first-order valence-electron chi connectivity index (χ1n) is 5.92. The number of ether oxygens (including phenoxy) is 1. The van der Waals surface area contributed by atoms with E-state index in [9.17, 15) is 4.79 Å². The SMILES string of the molecule is COc1cc(Cl)c(C)cc1Nc1cc(C(=O)O)c(Cl)cn1. The molecule has 2 aromatic rings. The van der Waals surface area contributed by atoms with Gasteiger partial charge in [-0.25, -0.2) is 9.78 Å². The summed E-state index contributed by atoms with van der Waals surface area (Å²) in [5.74, 6) is -0.249. The van der Waals surface area contributed by atoms with Gasteiger partial charge in [-0.3, -0.25) is 0 Å². The van der Waals surface area contributed by atoms with Crippen LogP contribution < -0.4 is 10.1 Å². The van der Waals surface area contributed by atoms with Crippen LogP contribution in [0.5, 0.6) is 5.75 Å². The van der Waals surface area contributed by atoms with E-state index in [0.717, 1.165) is 5.56 Å². The Morgan fingerprint density at radius 3 is 2.62 bits per heavy atom. The summed E-state index contributed by atoms with van der Waals surface area (Å²) >= 11 is 11.8. The van der Waals surface area contributed by atoms with Gasteiger partial charge in [0.25, 0.3) is 0 Å². The standard InChI is InChI=1S/C14H12Cl2N2O3/c1-7-3-11(12(21-2)5-9(7)15)18-13-4-8(14(19)20)10(16)6-17-13/h3-6H,1-2H3,(H,17,18)(H,19,20). The molecule has 0 bridgehead atoms. The van der Waals surface area contributed by atoms with Crippen molar-refractivity contribution in [3.63, 3.8) is 0 Å². The zero-order valence-corrected chi connectivity index (χ0v) is 12.8. The van der Waals surface area contributed by atoms with Crippen LogP contribution in [0.1, 0.15) is 15.9 Å². The molecule has 0 saturated heterocycles. The Morgan fingerprint density at radius 1 is 1.29 bits per heavy atom. The van der Waals surface area contributed by atoms with Crippen molar-refractivity contribution in [2.24, 2.45) is 0 Å². The number of carbonyl (C=O) groups is 1. The zero-order chi connectivity index (χ0) is 15.6. The first kappa shape index (κ1) is 15.4. The van der Waals surface area contributed by atoms with Gasteiger partial charge in [0, 0.05) is 17.3 Å². The maximum Gasteiger partial charge on any atom is 0.337 e. The number of nitrogens with one attached hydrogen (secondary N) is 1. The number of pyridine rings is 1. The molecule has 0 saturated carbocycles. The van der Waals surface area contributed by atoms with Crippen molar-refractivity contribution in [2.75, 3.05) is 12.4 Å². The minimum absolute atomic E-state index is 0.0289. The van der Waals surface area contributed by atoms with Crippen LogP contribution in [-0.2, 0) is 0 Å². The Hall–Kier alpha value is -1.98. The lowest BCUT2D eigenvalue weighted by molar-refractivity contribution is 0.0697. The lowest BCUT2D eigenvalue weighted by Crippen LogP contribution is -2.02. The first-order chi connectivity index (χ1) is 9.92. The molecular formula is C14H12Cl2N2O3. The van der Waals surface area contributed by atoms with E-state index in [1.807, 2.05) is 6.92 Å². The quantitative estimate of drug-likeness (QED) is 0.883. The van der Waals surface area contributed by atoms with Crippen molar-refractivity contribution >= 4 is 40.7 Å². The maximum atomic E-state index is 11.1. The topological polar surface area (TPSA) is 71.5 Å². The molecular weight excluding hydrogens is 315 g/mol. The molecule has 0 atom stereocenters. The van der Waals surface area contributed by atoms with Crippen LogP contribution in [0.25, 0.3) is 0 Å². The van der Waals surface area contributed by atoms with Gasteiger partial charge < -0.3 is 15.2 Å². The molecule has 0 aliphatic carbocycles. The number of carboxylic acids is 1. The van der Waals surface area contributed by atoms with Crippen LogP contribution in [-0.4, -0.2) is 23.2 Å². The highest BCUT2D eigenvalue weighted by atomic mass is 35.5. The molecule has 0 aliphatic heterocycles. The van der Waals surface area contributed by atoms with Crippen LogP contribution in [0.4, 0.5) is 11.5 Å². The summed E-state index contributed by atoms with van der Waals surface area (Å²) in [5, 5.41) is 12.7. The first-order valence-corrected chi connectivity index (χ1v) is 6.68. The predicted molar refractivity (Wildman–Crippen MR) is 82.2 cm³/mol. The summed E-state index contributed by atoms with van der Waals surface area (Å²) in [4.78, 5) is 15.1. The number of benzene rings is 1. The number of anilines is 2. The fourth-order valence-electron chi connectivity index (χ4n) is 1.74. The summed E-state index contributed by atoms with van der Waals surface area (Å²) in [6.45, 7) is 1.85. The van der Waals surface area contributed by atoms with Crippen LogP contribution >= 0.6 is 23.2 Å². The molecule has 0 amide bonds. The third kappa shape index (κ3) is 3.37. The van der Waals surface area contributed by atoms with Gasteiger partial charge in [0.15, 0.2) is 0 Å². The molecule has 1 aromatic heterocycles. The van der Waals surface area contributed by atoms with E-state index in [1.54, 1.807) is 12.1 Å². The third-order valence-electron chi connectivity index (χ3n) is 2.83. The van der Waals surface area contributed by atoms with E-state index in [2.05, 4.69) is 10.3 Å². The van der Waals surface area contributed by atoms with Gasteiger partial charge in [-0.1, -0.05) is 23.2 Å². The fraction of sp³-hybridized carbons (Fsp3) is 0.143. The molecule has 0 unspecified atom stereocenters. The molecule has 2 rings (SSSR count). The monoisotopic (exact) mass is 326 g/mol. The molecule has 7 heteroatoms. The van der Waals surface area contributed by atoms with Crippen molar-refractivity contribution < 1.29 is 14.6 Å².